The molecule has 0 radical (unpaired) electrons. The largest absolute Gasteiger partial charge is 0.489 e. The van der Waals surface area contributed by atoms with Gasteiger partial charge in [-0.3, -0.25) is 0 Å². The molecule has 128 valence electrons. The second-order valence-corrected chi connectivity index (χ2v) is 5.76. The number of ether oxygens (including phenoxy) is 2. The first-order chi connectivity index (χ1) is 11.4. The van der Waals surface area contributed by atoms with Crippen molar-refractivity contribution < 1.29 is 27.0 Å². The van der Waals surface area contributed by atoms with Crippen LogP contribution >= 0.6 is 0 Å². The summed E-state index contributed by atoms with van der Waals surface area (Å²) in [5.74, 6) is -4.17. The van der Waals surface area contributed by atoms with E-state index in [1.54, 1.807) is 0 Å². The Morgan fingerprint density at radius 3 is 2.08 bits per heavy atom. The zero-order valence-electron chi connectivity index (χ0n) is 12.9. The van der Waals surface area contributed by atoms with Crippen molar-refractivity contribution in [3.05, 3.63) is 65.7 Å². The van der Waals surface area contributed by atoms with Gasteiger partial charge in [-0.2, -0.15) is 8.78 Å². The van der Waals surface area contributed by atoms with Crippen molar-refractivity contribution in [3.63, 3.8) is 0 Å². The van der Waals surface area contributed by atoms with Gasteiger partial charge in [-0.15, -0.1) is 0 Å². The van der Waals surface area contributed by atoms with Gasteiger partial charge in [-0.05, 0) is 23.3 Å². The van der Waals surface area contributed by atoms with Crippen LogP contribution in [0.3, 0.4) is 0 Å². The van der Waals surface area contributed by atoms with E-state index >= 15 is 0 Å². The van der Waals surface area contributed by atoms with E-state index in [1.807, 2.05) is 30.3 Å². The maximum Gasteiger partial charge on any atom is 0.346 e. The Labute approximate surface area is 137 Å². The third kappa shape index (κ3) is 2.75. The van der Waals surface area contributed by atoms with Crippen molar-refractivity contribution in [1.29, 1.82) is 0 Å². The lowest BCUT2D eigenvalue weighted by molar-refractivity contribution is -0.204. The molecule has 0 amide bonds. The van der Waals surface area contributed by atoms with Crippen LogP contribution in [0.4, 0.5) is 17.6 Å². The van der Waals surface area contributed by atoms with Gasteiger partial charge in [0, 0.05) is 0 Å². The van der Waals surface area contributed by atoms with Crippen molar-refractivity contribution in [2.75, 3.05) is 0 Å². The Morgan fingerprint density at radius 1 is 1.00 bits per heavy atom. The molecule has 0 saturated heterocycles. The smallest absolute Gasteiger partial charge is 0.346 e. The van der Waals surface area contributed by atoms with Gasteiger partial charge in [0.2, 0.25) is 0 Å². The molecule has 0 aromatic heterocycles. The minimum Gasteiger partial charge on any atom is -0.489 e. The van der Waals surface area contributed by atoms with Gasteiger partial charge in [-0.25, -0.2) is 8.78 Å². The lowest BCUT2D eigenvalue weighted by Crippen LogP contribution is -2.23. The van der Waals surface area contributed by atoms with Gasteiger partial charge in [0.1, 0.15) is 12.4 Å². The van der Waals surface area contributed by atoms with E-state index in [2.05, 4.69) is 4.74 Å². The van der Waals surface area contributed by atoms with Crippen molar-refractivity contribution in [1.82, 2.24) is 0 Å². The zero-order chi connectivity index (χ0) is 17.4. The fourth-order valence-corrected chi connectivity index (χ4v) is 2.91. The van der Waals surface area contributed by atoms with E-state index in [-0.39, 0.29) is 5.56 Å². The van der Waals surface area contributed by atoms with Gasteiger partial charge in [0.25, 0.3) is 5.92 Å². The molecule has 0 N–H and O–H groups in total. The first kappa shape index (κ1) is 16.8. The maximum atomic E-state index is 13.9. The molecule has 0 bridgehead atoms. The predicted molar refractivity (Wildman–Crippen MR) is 80.1 cm³/mol. The molecule has 1 aliphatic carbocycles. The van der Waals surface area contributed by atoms with Gasteiger partial charge in [0.15, 0.2) is 5.60 Å². The van der Waals surface area contributed by atoms with Crippen LogP contribution in [0.5, 0.6) is 5.75 Å². The fourth-order valence-electron chi connectivity index (χ4n) is 2.91. The summed E-state index contributed by atoms with van der Waals surface area (Å²) in [6.07, 6.45) is 0. The summed E-state index contributed by atoms with van der Waals surface area (Å²) in [6, 6.07) is 15.1. The molecule has 1 saturated carbocycles. The van der Waals surface area contributed by atoms with Gasteiger partial charge < -0.3 is 9.47 Å². The maximum absolute atomic E-state index is 13.9. The Balaban J connectivity index is 1.74. The Hall–Kier alpha value is -2.08. The minimum atomic E-state index is -3.32. The zero-order valence-corrected chi connectivity index (χ0v) is 12.9. The molecule has 2 atom stereocenters. The quantitative estimate of drug-likeness (QED) is 0.690. The van der Waals surface area contributed by atoms with E-state index in [0.29, 0.717) is 12.4 Å². The summed E-state index contributed by atoms with van der Waals surface area (Å²) >= 11 is 0. The molecule has 2 nitrogen and oxygen atoms in total. The first-order valence-electron chi connectivity index (χ1n) is 7.49. The highest BCUT2D eigenvalue weighted by Gasteiger charge is 2.81. The summed E-state index contributed by atoms with van der Waals surface area (Å²) in [5.41, 5.74) is -1.28. The van der Waals surface area contributed by atoms with Crippen molar-refractivity contribution >= 4 is 0 Å². The van der Waals surface area contributed by atoms with Crippen LogP contribution in [-0.4, -0.2) is 12.5 Å². The molecule has 3 rings (SSSR count). The SMILES string of the molecule is C[C@@H]1C(F)(F)[C@]1(OC(F)F)c1ccc(OCc2ccccc2)cc1. The predicted octanol–water partition coefficient (Wildman–Crippen LogP) is 4.99. The minimum absolute atomic E-state index is 0.0207. The topological polar surface area (TPSA) is 18.5 Å². The molecule has 6 heteroatoms. The van der Waals surface area contributed by atoms with Crippen LogP contribution in [-0.2, 0) is 16.9 Å². The second kappa shape index (κ2) is 6.09. The Kier molecular flexibility index (Phi) is 4.25. The molecule has 2 aromatic rings. The third-order valence-corrected chi connectivity index (χ3v) is 4.37. The lowest BCUT2D eigenvalue weighted by Gasteiger charge is -2.18. The van der Waals surface area contributed by atoms with Crippen LogP contribution in [0.15, 0.2) is 54.6 Å². The second-order valence-electron chi connectivity index (χ2n) is 5.76. The van der Waals surface area contributed by atoms with Gasteiger partial charge in [0.05, 0.1) is 5.92 Å². The average molecular weight is 340 g/mol. The summed E-state index contributed by atoms with van der Waals surface area (Å²) in [7, 11) is 0. The number of hydrogen-bond donors (Lipinski definition) is 0. The number of alkyl halides is 4. The molecule has 0 spiro atoms. The van der Waals surface area contributed by atoms with Crippen LogP contribution in [0.2, 0.25) is 0 Å². The molecule has 0 heterocycles. The van der Waals surface area contributed by atoms with E-state index in [9.17, 15) is 17.6 Å². The average Bonchev–Trinajstić information content (AvgIpc) is 2.99. The standard InChI is InChI=1S/C18H16F4O2/c1-12-17(18(12,21)22,24-16(19)20)14-7-9-15(10-8-14)23-11-13-5-3-2-4-6-13/h2-10,12,16H,11H2,1H3/t12-,17+/m0/s1. The van der Waals surface area contributed by atoms with Crippen LogP contribution in [0.1, 0.15) is 18.1 Å². The third-order valence-electron chi connectivity index (χ3n) is 4.37. The van der Waals surface area contributed by atoms with Crippen molar-refractivity contribution in [2.45, 2.75) is 31.7 Å². The van der Waals surface area contributed by atoms with Crippen LogP contribution < -0.4 is 4.74 Å². The summed E-state index contributed by atoms with van der Waals surface area (Å²) < 4.78 is 62.8. The van der Waals surface area contributed by atoms with Crippen LogP contribution in [0.25, 0.3) is 0 Å². The van der Waals surface area contributed by atoms with Gasteiger partial charge >= 0.3 is 6.61 Å². The lowest BCUT2D eigenvalue weighted by atomic mass is 10.1. The molecule has 24 heavy (non-hydrogen) atoms. The number of benzene rings is 2. The summed E-state index contributed by atoms with van der Waals surface area (Å²) in [4.78, 5) is 0. The van der Waals surface area contributed by atoms with Crippen molar-refractivity contribution in [2.24, 2.45) is 5.92 Å². The highest BCUT2D eigenvalue weighted by molar-refractivity contribution is 5.40. The molecule has 1 aliphatic rings. The normalized spacial score (nSPS) is 24.8. The summed E-state index contributed by atoms with van der Waals surface area (Å²) in [5, 5.41) is 0. The summed E-state index contributed by atoms with van der Waals surface area (Å²) in [6.45, 7) is -1.75. The molecular formula is C18H16F4O2. The highest BCUT2D eigenvalue weighted by Crippen LogP contribution is 2.67. The molecule has 2 aromatic carbocycles. The van der Waals surface area contributed by atoms with E-state index in [4.69, 9.17) is 4.74 Å². The van der Waals surface area contributed by atoms with Crippen molar-refractivity contribution in [3.8, 4) is 5.75 Å². The molecule has 0 aliphatic heterocycles. The first-order valence-corrected chi connectivity index (χ1v) is 7.49. The molecular weight excluding hydrogens is 324 g/mol. The number of hydrogen-bond acceptors (Lipinski definition) is 2. The number of halogens is 4. The van der Waals surface area contributed by atoms with Gasteiger partial charge in [-0.1, -0.05) is 49.4 Å². The fraction of sp³-hybridized carbons (Fsp3) is 0.333. The molecule has 1 fully saturated rings. The Morgan fingerprint density at radius 2 is 1.58 bits per heavy atom. The monoisotopic (exact) mass is 340 g/mol. The van der Waals surface area contributed by atoms with Crippen LogP contribution in [0, 0.1) is 5.92 Å². The number of rotatable bonds is 6. The Bertz CT molecular complexity index is 688. The van der Waals surface area contributed by atoms with E-state index in [1.165, 1.54) is 31.2 Å². The highest BCUT2D eigenvalue weighted by atomic mass is 19.3. The van der Waals surface area contributed by atoms with E-state index in [0.717, 1.165) is 5.56 Å². The van der Waals surface area contributed by atoms with E-state index < -0.39 is 24.1 Å². The molecule has 0 unspecified atom stereocenters.